The highest BCUT2D eigenvalue weighted by molar-refractivity contribution is 5.00. The monoisotopic (exact) mass is 334 g/mol. The van der Waals surface area contributed by atoms with Crippen molar-refractivity contribution < 1.29 is 31.4 Å². The van der Waals surface area contributed by atoms with Crippen LogP contribution in [0.4, 0.5) is 26.3 Å². The van der Waals surface area contributed by atoms with Crippen LogP contribution in [0.3, 0.4) is 0 Å². The molecule has 132 valence electrons. The number of fused-ring (bicyclic) bond motifs is 2. The summed E-state index contributed by atoms with van der Waals surface area (Å²) in [6.07, 6.45) is -9.95. The van der Waals surface area contributed by atoms with Gasteiger partial charge in [0.15, 0.2) is 0 Å². The molecule has 3 atom stereocenters. The first kappa shape index (κ1) is 19.6. The molecule has 2 saturated carbocycles. The fourth-order valence-electron chi connectivity index (χ4n) is 3.40. The SMILES string of the molecule is CC(C)C.OC(CC1CC2CCC1C2)(C(F)(F)F)C(F)(F)F. The summed E-state index contributed by atoms with van der Waals surface area (Å²) >= 11 is 0. The van der Waals surface area contributed by atoms with Crippen LogP contribution < -0.4 is 0 Å². The van der Waals surface area contributed by atoms with Gasteiger partial charge in [-0.05, 0) is 49.4 Å². The number of aliphatic hydroxyl groups is 1. The van der Waals surface area contributed by atoms with Crippen LogP contribution in [0.5, 0.6) is 0 Å². The Morgan fingerprint density at radius 3 is 1.64 bits per heavy atom. The molecular formula is C15H24F6O. The lowest BCUT2D eigenvalue weighted by atomic mass is 9.79. The van der Waals surface area contributed by atoms with Gasteiger partial charge in [-0.3, -0.25) is 0 Å². The van der Waals surface area contributed by atoms with Crippen LogP contribution in [0, 0.1) is 23.7 Å². The molecule has 7 heteroatoms. The zero-order valence-electron chi connectivity index (χ0n) is 13.1. The van der Waals surface area contributed by atoms with Gasteiger partial charge < -0.3 is 5.11 Å². The van der Waals surface area contributed by atoms with Crippen LogP contribution in [0.15, 0.2) is 0 Å². The third-order valence-electron chi connectivity index (χ3n) is 4.38. The Labute approximate surface area is 127 Å². The van der Waals surface area contributed by atoms with Crippen molar-refractivity contribution in [3.63, 3.8) is 0 Å². The van der Waals surface area contributed by atoms with Gasteiger partial charge >= 0.3 is 12.4 Å². The maximum Gasteiger partial charge on any atom is 0.426 e. The molecule has 0 aliphatic heterocycles. The molecule has 3 unspecified atom stereocenters. The Morgan fingerprint density at radius 2 is 1.36 bits per heavy atom. The van der Waals surface area contributed by atoms with E-state index in [1.165, 1.54) is 0 Å². The zero-order chi connectivity index (χ0) is 17.3. The molecule has 0 aromatic heterocycles. The van der Waals surface area contributed by atoms with E-state index in [2.05, 4.69) is 20.8 Å². The molecule has 0 amide bonds. The van der Waals surface area contributed by atoms with E-state index in [-0.39, 0.29) is 11.8 Å². The molecule has 2 aliphatic rings. The van der Waals surface area contributed by atoms with Crippen molar-refractivity contribution in [2.75, 3.05) is 0 Å². The highest BCUT2D eigenvalue weighted by Gasteiger charge is 2.71. The first-order valence-corrected chi connectivity index (χ1v) is 7.63. The third kappa shape index (κ3) is 4.30. The molecule has 1 nitrogen and oxygen atoms in total. The van der Waals surface area contributed by atoms with Crippen LogP contribution in [0.2, 0.25) is 0 Å². The van der Waals surface area contributed by atoms with Crippen LogP contribution in [-0.2, 0) is 0 Å². The molecule has 0 spiro atoms. The van der Waals surface area contributed by atoms with E-state index >= 15 is 0 Å². The lowest BCUT2D eigenvalue weighted by Crippen LogP contribution is -2.58. The van der Waals surface area contributed by atoms with Crippen LogP contribution in [0.25, 0.3) is 0 Å². The van der Waals surface area contributed by atoms with Gasteiger partial charge in [-0.1, -0.05) is 27.2 Å². The van der Waals surface area contributed by atoms with Gasteiger partial charge in [0, 0.05) is 0 Å². The lowest BCUT2D eigenvalue weighted by Gasteiger charge is -2.36. The molecule has 2 aliphatic carbocycles. The molecule has 22 heavy (non-hydrogen) atoms. The van der Waals surface area contributed by atoms with E-state index in [0.29, 0.717) is 19.3 Å². The summed E-state index contributed by atoms with van der Waals surface area (Å²) in [7, 11) is 0. The molecule has 1 N–H and O–H groups in total. The average Bonchev–Trinajstić information content (AvgIpc) is 2.86. The topological polar surface area (TPSA) is 20.2 Å². The minimum Gasteiger partial charge on any atom is -0.374 e. The van der Waals surface area contributed by atoms with Crippen molar-refractivity contribution in [1.82, 2.24) is 0 Å². The second-order valence-electron chi connectivity index (χ2n) is 7.23. The van der Waals surface area contributed by atoms with E-state index in [1.807, 2.05) is 0 Å². The zero-order valence-corrected chi connectivity index (χ0v) is 13.1. The van der Waals surface area contributed by atoms with Gasteiger partial charge in [0.25, 0.3) is 5.60 Å². The van der Waals surface area contributed by atoms with Crippen molar-refractivity contribution in [3.05, 3.63) is 0 Å². The van der Waals surface area contributed by atoms with Crippen molar-refractivity contribution in [2.24, 2.45) is 23.7 Å². The second-order valence-corrected chi connectivity index (χ2v) is 7.23. The number of hydrogen-bond donors (Lipinski definition) is 1. The molecule has 0 aromatic carbocycles. The molecular weight excluding hydrogens is 310 g/mol. The standard InChI is InChI=1S/C11H14F6O.C4H10/c12-10(13,14)9(18,11(15,16)17)5-8-4-6-1-2-7(8)3-6;1-4(2)3/h6-8,18H,1-5H2;4H,1-3H3. The second kappa shape index (κ2) is 6.57. The van der Waals surface area contributed by atoms with E-state index in [9.17, 15) is 26.3 Å². The minimum absolute atomic E-state index is 0.0915. The predicted octanol–water partition coefficient (Wildman–Crippen LogP) is 5.33. The van der Waals surface area contributed by atoms with Crippen molar-refractivity contribution >= 4 is 0 Å². The molecule has 0 heterocycles. The van der Waals surface area contributed by atoms with Gasteiger partial charge in [-0.25, -0.2) is 0 Å². The van der Waals surface area contributed by atoms with Gasteiger partial charge in [0.2, 0.25) is 0 Å². The van der Waals surface area contributed by atoms with Gasteiger partial charge in [0.05, 0.1) is 0 Å². The van der Waals surface area contributed by atoms with Crippen LogP contribution in [0.1, 0.15) is 52.9 Å². The van der Waals surface area contributed by atoms with Gasteiger partial charge in [0.1, 0.15) is 0 Å². The molecule has 2 rings (SSSR count). The largest absolute Gasteiger partial charge is 0.426 e. The summed E-state index contributed by atoms with van der Waals surface area (Å²) in [5.74, 6) is 0.314. The maximum atomic E-state index is 12.5. The summed E-state index contributed by atoms with van der Waals surface area (Å²) in [4.78, 5) is 0. The highest BCUT2D eigenvalue weighted by Crippen LogP contribution is 2.55. The summed E-state index contributed by atoms with van der Waals surface area (Å²) < 4.78 is 75.2. The summed E-state index contributed by atoms with van der Waals surface area (Å²) in [6, 6.07) is 0. The number of rotatable bonds is 2. The molecule has 0 saturated heterocycles. The average molecular weight is 334 g/mol. The first-order valence-electron chi connectivity index (χ1n) is 7.63. The molecule has 2 bridgehead atoms. The molecule has 0 aromatic rings. The van der Waals surface area contributed by atoms with Crippen molar-refractivity contribution in [1.29, 1.82) is 0 Å². The van der Waals surface area contributed by atoms with Gasteiger partial charge in [-0.15, -0.1) is 0 Å². The molecule has 0 radical (unpaired) electrons. The highest BCUT2D eigenvalue weighted by atomic mass is 19.4. The number of hydrogen-bond acceptors (Lipinski definition) is 1. The van der Waals surface area contributed by atoms with E-state index in [4.69, 9.17) is 5.11 Å². The maximum absolute atomic E-state index is 12.5. The fourth-order valence-corrected chi connectivity index (χ4v) is 3.40. The number of alkyl halides is 6. The van der Waals surface area contributed by atoms with Crippen LogP contribution in [-0.4, -0.2) is 23.1 Å². The van der Waals surface area contributed by atoms with Gasteiger partial charge in [-0.2, -0.15) is 26.3 Å². The van der Waals surface area contributed by atoms with Crippen molar-refractivity contribution in [2.45, 2.75) is 70.8 Å². The smallest absolute Gasteiger partial charge is 0.374 e. The Balaban J connectivity index is 0.000000541. The summed E-state index contributed by atoms with van der Waals surface area (Å²) in [5, 5.41) is 9.12. The minimum atomic E-state index is -5.67. The lowest BCUT2D eigenvalue weighted by molar-refractivity contribution is -0.373. The Morgan fingerprint density at radius 1 is 0.909 bits per heavy atom. The molecule has 2 fully saturated rings. The normalized spacial score (nSPS) is 28.8. The third-order valence-corrected chi connectivity index (χ3v) is 4.38. The summed E-state index contributed by atoms with van der Waals surface area (Å²) in [5.41, 5.74) is -4.56. The summed E-state index contributed by atoms with van der Waals surface area (Å²) in [6.45, 7) is 6.50. The Kier molecular flexibility index (Phi) is 5.85. The Hall–Kier alpha value is -0.460. The number of halogens is 6. The van der Waals surface area contributed by atoms with E-state index in [0.717, 1.165) is 12.3 Å². The fraction of sp³-hybridized carbons (Fsp3) is 1.00. The van der Waals surface area contributed by atoms with Crippen LogP contribution >= 0.6 is 0 Å². The predicted molar refractivity (Wildman–Crippen MR) is 71.1 cm³/mol. The first-order chi connectivity index (χ1) is 9.78. The van der Waals surface area contributed by atoms with Crippen molar-refractivity contribution in [3.8, 4) is 0 Å². The van der Waals surface area contributed by atoms with E-state index in [1.54, 1.807) is 0 Å². The van der Waals surface area contributed by atoms with E-state index < -0.39 is 30.3 Å². The quantitative estimate of drug-likeness (QED) is 0.677. The Bertz CT molecular complexity index is 343.